The topological polar surface area (TPSA) is 36.9 Å². The van der Waals surface area contributed by atoms with E-state index in [1.54, 1.807) is 0 Å². The van der Waals surface area contributed by atoms with Crippen molar-refractivity contribution in [2.45, 2.75) is 183 Å². The van der Waals surface area contributed by atoms with Gasteiger partial charge in [-0.25, -0.2) is 0 Å². The fourth-order valence-corrected chi connectivity index (χ4v) is 4.69. The lowest BCUT2D eigenvalue weighted by molar-refractivity contribution is -0.178. The number of rotatable bonds is 21. The van der Waals surface area contributed by atoms with Crippen LogP contribution in [0.1, 0.15) is 148 Å². The van der Waals surface area contributed by atoms with E-state index in [0.29, 0.717) is 11.8 Å². The van der Waals surface area contributed by atoms with E-state index in [4.69, 9.17) is 18.9 Å². The summed E-state index contributed by atoms with van der Waals surface area (Å²) in [5.74, 6) is 1.31. The Morgan fingerprint density at radius 2 is 0.750 bits per heavy atom. The zero-order valence-electron chi connectivity index (χ0n) is 27.0. The molecule has 0 N–H and O–H groups in total. The molecule has 0 heterocycles. The van der Waals surface area contributed by atoms with E-state index in [1.807, 2.05) is 0 Å². The SMILES string of the molecule is CC(C)CCC(C)(CCC(C)(CCC(C)C)OC(C)(C)CCOC(C)C)OC(C)(C)CCOC(C)C. The summed E-state index contributed by atoms with van der Waals surface area (Å²) in [4.78, 5) is 0. The Kier molecular flexibility index (Phi) is 16.0. The molecule has 0 amide bonds. The minimum atomic E-state index is -0.233. The maximum atomic E-state index is 6.94. The van der Waals surface area contributed by atoms with E-state index >= 15 is 0 Å². The summed E-state index contributed by atoms with van der Waals surface area (Å²) < 4.78 is 25.6. The molecule has 0 fully saturated rings. The van der Waals surface area contributed by atoms with Gasteiger partial charge in [-0.1, -0.05) is 27.7 Å². The lowest BCUT2D eigenvalue weighted by atomic mass is 9.82. The molecule has 0 aromatic carbocycles. The smallest absolute Gasteiger partial charge is 0.0663 e. The van der Waals surface area contributed by atoms with Crippen LogP contribution in [0.4, 0.5) is 0 Å². The first-order chi connectivity index (χ1) is 16.3. The van der Waals surface area contributed by atoms with Crippen molar-refractivity contribution >= 4 is 0 Å². The average Bonchev–Trinajstić information content (AvgIpc) is 2.68. The molecule has 2 unspecified atom stereocenters. The van der Waals surface area contributed by atoms with Gasteiger partial charge < -0.3 is 18.9 Å². The molecule has 218 valence electrons. The first kappa shape index (κ1) is 35.8. The Balaban J connectivity index is 5.56. The lowest BCUT2D eigenvalue weighted by Crippen LogP contribution is -2.44. The second-order valence-electron chi connectivity index (χ2n) is 14.3. The molecule has 0 spiro atoms. The summed E-state index contributed by atoms with van der Waals surface area (Å²) >= 11 is 0. The first-order valence-electron chi connectivity index (χ1n) is 14.9. The van der Waals surface area contributed by atoms with Crippen molar-refractivity contribution in [3.05, 3.63) is 0 Å². The summed E-state index contributed by atoms with van der Waals surface area (Å²) in [5, 5.41) is 0. The first-order valence-corrected chi connectivity index (χ1v) is 14.9. The van der Waals surface area contributed by atoms with Gasteiger partial charge in [-0.15, -0.1) is 0 Å². The number of hydrogen-bond acceptors (Lipinski definition) is 4. The molecular formula is C32H66O4. The Bertz CT molecular complexity index is 517. The lowest BCUT2D eigenvalue weighted by Gasteiger charge is -2.44. The molecule has 36 heavy (non-hydrogen) atoms. The van der Waals surface area contributed by atoms with E-state index in [-0.39, 0.29) is 34.6 Å². The highest BCUT2D eigenvalue weighted by Crippen LogP contribution is 2.38. The summed E-state index contributed by atoms with van der Waals surface area (Å²) in [6.45, 7) is 32.6. The van der Waals surface area contributed by atoms with Crippen LogP contribution in [0.2, 0.25) is 0 Å². The van der Waals surface area contributed by atoms with Gasteiger partial charge in [-0.3, -0.25) is 0 Å². The van der Waals surface area contributed by atoms with Crippen LogP contribution in [0.5, 0.6) is 0 Å². The predicted octanol–water partition coefficient (Wildman–Crippen LogP) is 9.38. The van der Waals surface area contributed by atoms with Crippen molar-refractivity contribution in [3.63, 3.8) is 0 Å². The molecule has 0 bridgehead atoms. The molecule has 0 rings (SSSR count). The Hall–Kier alpha value is -0.160. The minimum Gasteiger partial charge on any atom is -0.379 e. The van der Waals surface area contributed by atoms with E-state index in [1.165, 1.54) is 0 Å². The highest BCUT2D eigenvalue weighted by atomic mass is 16.5. The summed E-state index contributed by atoms with van der Waals surface area (Å²) in [7, 11) is 0. The summed E-state index contributed by atoms with van der Waals surface area (Å²) in [6.07, 6.45) is 8.72. The second-order valence-corrected chi connectivity index (χ2v) is 14.3. The normalized spacial score (nSPS) is 16.8. The highest BCUT2D eigenvalue weighted by Gasteiger charge is 2.38. The van der Waals surface area contributed by atoms with Crippen LogP contribution in [-0.2, 0) is 18.9 Å². The predicted molar refractivity (Wildman–Crippen MR) is 156 cm³/mol. The van der Waals surface area contributed by atoms with Crippen molar-refractivity contribution in [2.75, 3.05) is 13.2 Å². The molecule has 0 saturated carbocycles. The highest BCUT2D eigenvalue weighted by molar-refractivity contribution is 4.88. The second kappa shape index (κ2) is 16.1. The largest absolute Gasteiger partial charge is 0.379 e. The monoisotopic (exact) mass is 514 g/mol. The maximum absolute atomic E-state index is 6.94. The zero-order chi connectivity index (χ0) is 28.2. The Labute approximate surface area is 227 Å². The molecule has 0 aliphatic rings. The van der Waals surface area contributed by atoms with Crippen LogP contribution >= 0.6 is 0 Å². The van der Waals surface area contributed by atoms with E-state index < -0.39 is 0 Å². The van der Waals surface area contributed by atoms with E-state index in [2.05, 4.69) is 96.9 Å². The molecule has 0 saturated heterocycles. The fraction of sp³-hybridized carbons (Fsp3) is 1.00. The van der Waals surface area contributed by atoms with Crippen molar-refractivity contribution in [2.24, 2.45) is 11.8 Å². The average molecular weight is 515 g/mol. The van der Waals surface area contributed by atoms with Gasteiger partial charge in [0, 0.05) is 13.2 Å². The van der Waals surface area contributed by atoms with Crippen LogP contribution in [0.3, 0.4) is 0 Å². The Morgan fingerprint density at radius 3 is 1.00 bits per heavy atom. The molecule has 0 aromatic rings. The van der Waals surface area contributed by atoms with Gasteiger partial charge in [-0.05, 0) is 132 Å². The third-order valence-corrected chi connectivity index (χ3v) is 7.04. The molecule has 0 aliphatic heterocycles. The van der Waals surface area contributed by atoms with Crippen molar-refractivity contribution in [3.8, 4) is 0 Å². The molecule has 2 atom stereocenters. The van der Waals surface area contributed by atoms with Crippen molar-refractivity contribution in [1.29, 1.82) is 0 Å². The van der Waals surface area contributed by atoms with Gasteiger partial charge in [0.05, 0.1) is 34.6 Å². The molecule has 0 radical (unpaired) electrons. The van der Waals surface area contributed by atoms with Gasteiger partial charge in [-0.2, -0.15) is 0 Å². The van der Waals surface area contributed by atoms with Crippen molar-refractivity contribution in [1.82, 2.24) is 0 Å². The van der Waals surface area contributed by atoms with E-state index in [9.17, 15) is 0 Å². The van der Waals surface area contributed by atoms with Gasteiger partial charge >= 0.3 is 0 Å². The van der Waals surface area contributed by atoms with Crippen LogP contribution in [-0.4, -0.2) is 47.8 Å². The standard InChI is InChI=1S/C32H66O4/c1-25(2)15-17-31(13,35-29(9,10)21-23-33-27(5)6)19-20-32(14,18-16-26(3)4)36-30(11,12)22-24-34-28(7)8/h25-28H,15-24H2,1-14H3. The van der Waals surface area contributed by atoms with E-state index in [0.717, 1.165) is 64.6 Å². The summed E-state index contributed by atoms with van der Waals surface area (Å²) in [5.41, 5.74) is -0.857. The molecule has 0 aromatic heterocycles. The summed E-state index contributed by atoms with van der Waals surface area (Å²) in [6, 6.07) is 0. The molecular weight excluding hydrogens is 448 g/mol. The zero-order valence-corrected chi connectivity index (χ0v) is 27.0. The minimum absolute atomic E-state index is 0.195. The van der Waals surface area contributed by atoms with Gasteiger partial charge in [0.2, 0.25) is 0 Å². The molecule has 4 nitrogen and oxygen atoms in total. The van der Waals surface area contributed by atoms with Gasteiger partial charge in [0.1, 0.15) is 0 Å². The Morgan fingerprint density at radius 1 is 0.444 bits per heavy atom. The van der Waals surface area contributed by atoms with Crippen LogP contribution in [0.25, 0.3) is 0 Å². The number of ether oxygens (including phenoxy) is 4. The van der Waals surface area contributed by atoms with Crippen LogP contribution in [0, 0.1) is 11.8 Å². The molecule has 0 aliphatic carbocycles. The fourth-order valence-electron chi connectivity index (χ4n) is 4.69. The van der Waals surface area contributed by atoms with Crippen molar-refractivity contribution < 1.29 is 18.9 Å². The molecule has 4 heteroatoms. The quantitative estimate of drug-likeness (QED) is 0.153. The van der Waals surface area contributed by atoms with Crippen LogP contribution in [0.15, 0.2) is 0 Å². The third kappa shape index (κ3) is 18.2. The maximum Gasteiger partial charge on any atom is 0.0663 e. The third-order valence-electron chi connectivity index (χ3n) is 7.04. The van der Waals surface area contributed by atoms with Gasteiger partial charge in [0.15, 0.2) is 0 Å². The van der Waals surface area contributed by atoms with Gasteiger partial charge in [0.25, 0.3) is 0 Å². The van der Waals surface area contributed by atoms with Crippen LogP contribution < -0.4 is 0 Å². The number of hydrogen-bond donors (Lipinski definition) is 0.